The summed E-state index contributed by atoms with van der Waals surface area (Å²) < 4.78 is 11.3. The lowest BCUT2D eigenvalue weighted by molar-refractivity contribution is 0.184. The Morgan fingerprint density at radius 2 is 2.12 bits per heavy atom. The molecule has 0 radical (unpaired) electrons. The molecule has 1 aromatic rings. The number of likely N-dealkylation sites (N-methyl/N-ethyl adjacent to an activating group) is 1. The number of benzene rings is 1. The number of methoxy groups -OCH3 is 2. The summed E-state index contributed by atoms with van der Waals surface area (Å²) in [4.78, 5) is 0. The van der Waals surface area contributed by atoms with Gasteiger partial charge in [0.2, 0.25) is 0 Å². The van der Waals surface area contributed by atoms with E-state index in [0.29, 0.717) is 6.04 Å². The van der Waals surface area contributed by atoms with Crippen LogP contribution in [-0.4, -0.2) is 33.9 Å². The molecule has 0 aliphatic heterocycles. The highest BCUT2D eigenvalue weighted by Gasteiger charge is 2.08. The first-order valence-corrected chi connectivity index (χ1v) is 6.49. The van der Waals surface area contributed by atoms with Crippen LogP contribution in [0.3, 0.4) is 0 Å². The maximum atomic E-state index is 5.21. The predicted octanol–water partition coefficient (Wildman–Crippen LogP) is 2.62. The van der Waals surface area contributed by atoms with Gasteiger partial charge in [0.05, 0.1) is 11.6 Å². The lowest BCUT2D eigenvalue weighted by Gasteiger charge is -2.16. The highest BCUT2D eigenvalue weighted by molar-refractivity contribution is 9.10. The zero-order chi connectivity index (χ0) is 12.7. The van der Waals surface area contributed by atoms with Gasteiger partial charge in [0.1, 0.15) is 5.75 Å². The average molecular weight is 302 g/mol. The first kappa shape index (κ1) is 14.5. The van der Waals surface area contributed by atoms with Crippen LogP contribution < -0.4 is 10.1 Å². The van der Waals surface area contributed by atoms with E-state index in [0.717, 1.165) is 29.7 Å². The van der Waals surface area contributed by atoms with Crippen molar-refractivity contribution in [1.29, 1.82) is 0 Å². The Balaban J connectivity index is 2.63. The molecule has 0 saturated carbocycles. The molecule has 1 rings (SSSR count). The summed E-state index contributed by atoms with van der Waals surface area (Å²) in [6, 6.07) is 6.63. The van der Waals surface area contributed by atoms with Gasteiger partial charge in [0.15, 0.2) is 0 Å². The normalized spacial score (nSPS) is 12.5. The first-order chi connectivity index (χ1) is 8.21. The van der Waals surface area contributed by atoms with E-state index in [1.165, 1.54) is 5.56 Å². The van der Waals surface area contributed by atoms with Gasteiger partial charge in [-0.1, -0.05) is 6.07 Å². The van der Waals surface area contributed by atoms with Gasteiger partial charge < -0.3 is 14.8 Å². The second-order valence-corrected chi connectivity index (χ2v) is 4.79. The van der Waals surface area contributed by atoms with Crippen molar-refractivity contribution in [3.8, 4) is 5.75 Å². The van der Waals surface area contributed by atoms with E-state index in [1.54, 1.807) is 14.2 Å². The van der Waals surface area contributed by atoms with Gasteiger partial charge in [-0.05, 0) is 53.5 Å². The molecule has 1 N–H and O–H groups in total. The third kappa shape index (κ3) is 4.66. The summed E-state index contributed by atoms with van der Waals surface area (Å²) in [5, 5.41) is 3.31. The van der Waals surface area contributed by atoms with Gasteiger partial charge in [0, 0.05) is 19.8 Å². The molecular formula is C13H20BrNO2. The minimum atomic E-state index is 0.440. The number of ether oxygens (including phenoxy) is 2. The Morgan fingerprint density at radius 3 is 2.65 bits per heavy atom. The SMILES string of the molecule is CNC(CCOC)Cc1ccc(OC)c(Br)c1. The van der Waals surface area contributed by atoms with E-state index < -0.39 is 0 Å². The summed E-state index contributed by atoms with van der Waals surface area (Å²) in [7, 11) is 5.39. The molecule has 0 saturated heterocycles. The largest absolute Gasteiger partial charge is 0.496 e. The Kier molecular flexibility index (Phi) is 6.55. The lowest BCUT2D eigenvalue weighted by atomic mass is 10.0. The highest BCUT2D eigenvalue weighted by Crippen LogP contribution is 2.26. The van der Waals surface area contributed by atoms with E-state index in [4.69, 9.17) is 9.47 Å². The number of hydrogen-bond donors (Lipinski definition) is 1. The fourth-order valence-electron chi connectivity index (χ4n) is 1.73. The van der Waals surface area contributed by atoms with Crippen molar-refractivity contribution < 1.29 is 9.47 Å². The Labute approximate surface area is 112 Å². The van der Waals surface area contributed by atoms with Crippen LogP contribution >= 0.6 is 15.9 Å². The van der Waals surface area contributed by atoms with Crippen molar-refractivity contribution in [2.75, 3.05) is 27.9 Å². The predicted molar refractivity (Wildman–Crippen MR) is 73.7 cm³/mol. The molecule has 0 fully saturated rings. The maximum Gasteiger partial charge on any atom is 0.133 e. The molecule has 96 valence electrons. The van der Waals surface area contributed by atoms with Gasteiger partial charge in [0.25, 0.3) is 0 Å². The zero-order valence-electron chi connectivity index (χ0n) is 10.6. The van der Waals surface area contributed by atoms with Crippen LogP contribution in [0.2, 0.25) is 0 Å². The molecule has 1 unspecified atom stereocenters. The van der Waals surface area contributed by atoms with Gasteiger partial charge in [-0.3, -0.25) is 0 Å². The van der Waals surface area contributed by atoms with E-state index >= 15 is 0 Å². The molecule has 0 amide bonds. The molecule has 1 aromatic carbocycles. The van der Waals surface area contributed by atoms with Crippen molar-refractivity contribution in [2.45, 2.75) is 18.9 Å². The number of halogens is 1. The summed E-state index contributed by atoms with van der Waals surface area (Å²) in [6.45, 7) is 0.781. The van der Waals surface area contributed by atoms with E-state index in [9.17, 15) is 0 Å². The number of rotatable bonds is 7. The van der Waals surface area contributed by atoms with Crippen molar-refractivity contribution in [1.82, 2.24) is 5.32 Å². The second-order valence-electron chi connectivity index (χ2n) is 3.94. The fourth-order valence-corrected chi connectivity index (χ4v) is 2.32. The summed E-state index contributed by atoms with van der Waals surface area (Å²) in [5.41, 5.74) is 1.29. The van der Waals surface area contributed by atoms with Gasteiger partial charge in [-0.15, -0.1) is 0 Å². The zero-order valence-corrected chi connectivity index (χ0v) is 12.2. The van der Waals surface area contributed by atoms with Crippen LogP contribution in [-0.2, 0) is 11.2 Å². The molecule has 17 heavy (non-hydrogen) atoms. The molecule has 1 atom stereocenters. The minimum absolute atomic E-state index is 0.440. The van der Waals surface area contributed by atoms with Crippen LogP contribution in [0.15, 0.2) is 22.7 Å². The third-order valence-electron chi connectivity index (χ3n) is 2.78. The van der Waals surface area contributed by atoms with Crippen LogP contribution in [0.1, 0.15) is 12.0 Å². The van der Waals surface area contributed by atoms with Crippen molar-refractivity contribution >= 4 is 15.9 Å². The molecule has 0 heterocycles. The smallest absolute Gasteiger partial charge is 0.133 e. The number of nitrogens with one attached hydrogen (secondary N) is 1. The molecule has 0 bridgehead atoms. The minimum Gasteiger partial charge on any atom is -0.496 e. The van der Waals surface area contributed by atoms with Crippen molar-refractivity contribution in [2.24, 2.45) is 0 Å². The summed E-state index contributed by atoms with van der Waals surface area (Å²) in [6.07, 6.45) is 2.00. The molecule has 3 nitrogen and oxygen atoms in total. The molecule has 0 aliphatic rings. The standard InChI is InChI=1S/C13H20BrNO2/c1-15-11(6-7-16-2)8-10-4-5-13(17-3)12(14)9-10/h4-5,9,11,15H,6-8H2,1-3H3. The molecule has 0 aromatic heterocycles. The Hall–Kier alpha value is -0.580. The van der Waals surface area contributed by atoms with Crippen LogP contribution in [0, 0.1) is 0 Å². The molecule has 0 spiro atoms. The third-order valence-corrected chi connectivity index (χ3v) is 3.40. The van der Waals surface area contributed by atoms with Crippen LogP contribution in [0.25, 0.3) is 0 Å². The van der Waals surface area contributed by atoms with E-state index in [-0.39, 0.29) is 0 Å². The fraction of sp³-hybridized carbons (Fsp3) is 0.538. The molecular weight excluding hydrogens is 282 g/mol. The van der Waals surface area contributed by atoms with Crippen LogP contribution in [0.5, 0.6) is 5.75 Å². The summed E-state index contributed by atoms with van der Waals surface area (Å²) >= 11 is 3.50. The van der Waals surface area contributed by atoms with Crippen molar-refractivity contribution in [3.05, 3.63) is 28.2 Å². The first-order valence-electron chi connectivity index (χ1n) is 5.70. The van der Waals surface area contributed by atoms with Crippen molar-refractivity contribution in [3.63, 3.8) is 0 Å². The lowest BCUT2D eigenvalue weighted by Crippen LogP contribution is -2.28. The van der Waals surface area contributed by atoms with Gasteiger partial charge >= 0.3 is 0 Å². The average Bonchev–Trinajstić information content (AvgIpc) is 2.34. The highest BCUT2D eigenvalue weighted by atomic mass is 79.9. The van der Waals surface area contributed by atoms with Gasteiger partial charge in [-0.2, -0.15) is 0 Å². The van der Waals surface area contributed by atoms with E-state index in [1.807, 2.05) is 13.1 Å². The summed E-state index contributed by atoms with van der Waals surface area (Å²) in [5.74, 6) is 0.867. The van der Waals surface area contributed by atoms with E-state index in [2.05, 4.69) is 33.4 Å². The van der Waals surface area contributed by atoms with Gasteiger partial charge in [-0.25, -0.2) is 0 Å². The number of hydrogen-bond acceptors (Lipinski definition) is 3. The van der Waals surface area contributed by atoms with Crippen LogP contribution in [0.4, 0.5) is 0 Å². The molecule has 4 heteroatoms. The topological polar surface area (TPSA) is 30.5 Å². The Bertz CT molecular complexity index is 344. The maximum absolute atomic E-state index is 5.21. The monoisotopic (exact) mass is 301 g/mol. The second kappa shape index (κ2) is 7.69. The quantitative estimate of drug-likeness (QED) is 0.840. The Morgan fingerprint density at radius 1 is 1.35 bits per heavy atom. The molecule has 0 aliphatic carbocycles.